The Kier molecular flexibility index (Phi) is 4.32. The Balaban J connectivity index is 2.19. The largest absolute Gasteiger partial charge is 0.343 e. The van der Waals surface area contributed by atoms with Gasteiger partial charge in [-0.15, -0.1) is 0 Å². The molecule has 1 aliphatic heterocycles. The van der Waals surface area contributed by atoms with Crippen molar-refractivity contribution in [2.24, 2.45) is 7.05 Å². The summed E-state index contributed by atoms with van der Waals surface area (Å²) < 4.78 is 1.66. The summed E-state index contributed by atoms with van der Waals surface area (Å²) in [7, 11) is 1.78. The molecular weight excluding hydrogens is 280 g/mol. The summed E-state index contributed by atoms with van der Waals surface area (Å²) >= 11 is 6.19. The fourth-order valence-corrected chi connectivity index (χ4v) is 2.64. The maximum Gasteiger partial charge on any atom is 0.245 e. The number of hydrogen-bond acceptors (Lipinski definition) is 3. The molecule has 6 nitrogen and oxygen atoms in total. The van der Waals surface area contributed by atoms with Gasteiger partial charge in [-0.05, 0) is 13.3 Å². The van der Waals surface area contributed by atoms with Crippen LogP contribution >= 0.6 is 11.6 Å². The zero-order valence-corrected chi connectivity index (χ0v) is 12.7. The van der Waals surface area contributed by atoms with Crippen LogP contribution in [0.5, 0.6) is 0 Å². The van der Waals surface area contributed by atoms with Crippen LogP contribution in [0.15, 0.2) is 0 Å². The molecule has 1 atom stereocenters. The molecule has 20 heavy (non-hydrogen) atoms. The first-order valence-electron chi connectivity index (χ1n) is 6.70. The maximum atomic E-state index is 12.3. The van der Waals surface area contributed by atoms with E-state index in [0.717, 1.165) is 17.8 Å². The van der Waals surface area contributed by atoms with Crippen molar-refractivity contribution in [1.82, 2.24) is 20.0 Å². The molecule has 0 bridgehead atoms. The Labute approximate surface area is 123 Å². The first-order chi connectivity index (χ1) is 9.43. The zero-order chi connectivity index (χ0) is 14.9. The van der Waals surface area contributed by atoms with Gasteiger partial charge in [0, 0.05) is 7.05 Å². The summed E-state index contributed by atoms with van der Waals surface area (Å²) in [6.07, 6.45) is 1.50. The molecule has 0 saturated carbocycles. The van der Waals surface area contributed by atoms with E-state index in [9.17, 15) is 9.59 Å². The van der Waals surface area contributed by atoms with Gasteiger partial charge in [0.15, 0.2) is 0 Å². The Bertz CT molecular complexity index is 541. The smallest absolute Gasteiger partial charge is 0.245 e. The molecule has 1 aromatic heterocycles. The number of amides is 2. The third kappa shape index (κ3) is 2.80. The molecule has 1 saturated heterocycles. The van der Waals surface area contributed by atoms with E-state index in [1.54, 1.807) is 16.6 Å². The summed E-state index contributed by atoms with van der Waals surface area (Å²) in [5, 5.41) is 7.51. The minimum absolute atomic E-state index is 0.0543. The van der Waals surface area contributed by atoms with Gasteiger partial charge in [-0.2, -0.15) is 5.10 Å². The van der Waals surface area contributed by atoms with E-state index < -0.39 is 6.04 Å². The number of carbonyl (C=O) groups is 2. The highest BCUT2D eigenvalue weighted by atomic mass is 35.5. The Morgan fingerprint density at radius 1 is 1.45 bits per heavy atom. The number of halogens is 1. The van der Waals surface area contributed by atoms with Crippen molar-refractivity contribution in [3.8, 4) is 0 Å². The van der Waals surface area contributed by atoms with E-state index in [0.29, 0.717) is 18.0 Å². The van der Waals surface area contributed by atoms with Gasteiger partial charge in [-0.1, -0.05) is 24.9 Å². The van der Waals surface area contributed by atoms with E-state index in [1.165, 1.54) is 0 Å². The quantitative estimate of drug-likeness (QED) is 0.902. The highest BCUT2D eigenvalue weighted by Gasteiger charge is 2.32. The lowest BCUT2D eigenvalue weighted by atomic mass is 10.1. The number of aryl methyl sites for hydroxylation is 2. The molecule has 7 heteroatoms. The average molecular weight is 299 g/mol. The summed E-state index contributed by atoms with van der Waals surface area (Å²) in [4.78, 5) is 25.6. The van der Waals surface area contributed by atoms with Gasteiger partial charge in [-0.3, -0.25) is 14.3 Å². The molecule has 1 fully saturated rings. The predicted octanol–water partition coefficient (Wildman–Crippen LogP) is 1.01. The number of rotatable bonds is 4. The minimum Gasteiger partial charge on any atom is -0.343 e. The number of carbonyl (C=O) groups excluding carboxylic acids is 2. The van der Waals surface area contributed by atoms with Crippen LogP contribution in [0, 0.1) is 6.92 Å². The third-order valence-electron chi connectivity index (χ3n) is 3.46. The van der Waals surface area contributed by atoms with Crippen LogP contribution in [-0.4, -0.2) is 39.1 Å². The van der Waals surface area contributed by atoms with Crippen molar-refractivity contribution in [2.45, 2.75) is 39.3 Å². The second-order valence-electron chi connectivity index (χ2n) is 5.07. The lowest BCUT2D eigenvalue weighted by molar-refractivity contribution is -0.145. The van der Waals surface area contributed by atoms with Gasteiger partial charge >= 0.3 is 0 Å². The highest BCUT2D eigenvalue weighted by molar-refractivity contribution is 6.31. The normalized spacial score (nSPS) is 19.4. The number of hydrogen-bond donors (Lipinski definition) is 1. The maximum absolute atomic E-state index is 12.3. The number of piperazine rings is 1. The van der Waals surface area contributed by atoms with E-state index in [-0.39, 0.29) is 18.4 Å². The molecular formula is C13H19ClN4O2. The monoisotopic (exact) mass is 298 g/mol. The summed E-state index contributed by atoms with van der Waals surface area (Å²) in [5.74, 6) is -0.181. The molecule has 1 unspecified atom stereocenters. The van der Waals surface area contributed by atoms with Crippen molar-refractivity contribution in [1.29, 1.82) is 0 Å². The van der Waals surface area contributed by atoms with E-state index in [1.807, 2.05) is 13.8 Å². The van der Waals surface area contributed by atoms with Gasteiger partial charge in [0.2, 0.25) is 11.8 Å². The molecule has 1 aliphatic rings. The van der Waals surface area contributed by atoms with Crippen LogP contribution in [0.4, 0.5) is 0 Å². The summed E-state index contributed by atoms with van der Waals surface area (Å²) in [6, 6.07) is -0.422. The first kappa shape index (κ1) is 14.8. The van der Waals surface area contributed by atoms with Gasteiger partial charge in [0.25, 0.3) is 0 Å². The van der Waals surface area contributed by atoms with Crippen molar-refractivity contribution in [3.63, 3.8) is 0 Å². The summed E-state index contributed by atoms with van der Waals surface area (Å²) in [5.41, 5.74) is 1.48. The number of aromatic nitrogens is 2. The summed E-state index contributed by atoms with van der Waals surface area (Å²) in [6.45, 7) is 4.18. The van der Waals surface area contributed by atoms with Crippen LogP contribution in [0.25, 0.3) is 0 Å². The second-order valence-corrected chi connectivity index (χ2v) is 5.45. The lowest BCUT2D eigenvalue weighted by Crippen LogP contribution is -2.57. The Hall–Kier alpha value is -1.56. The van der Waals surface area contributed by atoms with Crippen molar-refractivity contribution in [2.75, 3.05) is 6.54 Å². The molecule has 0 radical (unpaired) electrons. The van der Waals surface area contributed by atoms with Crippen molar-refractivity contribution >= 4 is 23.4 Å². The van der Waals surface area contributed by atoms with Crippen LogP contribution < -0.4 is 5.32 Å². The van der Waals surface area contributed by atoms with Crippen LogP contribution in [0.1, 0.15) is 31.2 Å². The SMILES string of the molecule is CCCC1NC(=O)CN(Cc2c(Cl)c(C)nn2C)C1=O. The van der Waals surface area contributed by atoms with Gasteiger partial charge in [0.1, 0.15) is 12.6 Å². The number of nitrogens with zero attached hydrogens (tertiary/aromatic N) is 3. The topological polar surface area (TPSA) is 67.2 Å². The molecule has 0 aromatic carbocycles. The van der Waals surface area contributed by atoms with Crippen LogP contribution in [-0.2, 0) is 23.2 Å². The van der Waals surface area contributed by atoms with E-state index in [4.69, 9.17) is 11.6 Å². The van der Waals surface area contributed by atoms with Crippen molar-refractivity contribution < 1.29 is 9.59 Å². The predicted molar refractivity (Wildman–Crippen MR) is 75.2 cm³/mol. The molecule has 110 valence electrons. The lowest BCUT2D eigenvalue weighted by Gasteiger charge is -2.32. The standard InChI is InChI=1S/C13H19ClN4O2/c1-4-5-9-13(20)18(7-11(19)15-9)6-10-12(14)8(2)16-17(10)3/h9H,4-7H2,1-3H3,(H,15,19). The van der Waals surface area contributed by atoms with E-state index >= 15 is 0 Å². The fourth-order valence-electron chi connectivity index (χ4n) is 2.42. The number of nitrogens with one attached hydrogen (secondary N) is 1. The molecule has 1 aromatic rings. The van der Waals surface area contributed by atoms with Crippen LogP contribution in [0.3, 0.4) is 0 Å². The van der Waals surface area contributed by atoms with Gasteiger partial charge in [-0.25, -0.2) is 0 Å². The molecule has 2 amide bonds. The van der Waals surface area contributed by atoms with Gasteiger partial charge in [0.05, 0.1) is 23.0 Å². The first-order valence-corrected chi connectivity index (χ1v) is 7.08. The fraction of sp³-hybridized carbons (Fsp3) is 0.615. The highest BCUT2D eigenvalue weighted by Crippen LogP contribution is 2.22. The third-order valence-corrected chi connectivity index (χ3v) is 3.95. The Morgan fingerprint density at radius 2 is 2.15 bits per heavy atom. The zero-order valence-electron chi connectivity index (χ0n) is 11.9. The van der Waals surface area contributed by atoms with Gasteiger partial charge < -0.3 is 10.2 Å². The van der Waals surface area contributed by atoms with Crippen LogP contribution in [0.2, 0.25) is 5.02 Å². The molecule has 0 aliphatic carbocycles. The molecule has 0 spiro atoms. The average Bonchev–Trinajstić information content (AvgIpc) is 2.62. The minimum atomic E-state index is -0.422. The molecule has 1 N–H and O–H groups in total. The molecule has 2 rings (SSSR count). The molecule has 2 heterocycles. The van der Waals surface area contributed by atoms with E-state index in [2.05, 4.69) is 10.4 Å². The van der Waals surface area contributed by atoms with Crippen molar-refractivity contribution in [3.05, 3.63) is 16.4 Å². The second kappa shape index (κ2) is 5.83. The Morgan fingerprint density at radius 3 is 2.70 bits per heavy atom.